The molecule has 0 aliphatic rings. The summed E-state index contributed by atoms with van der Waals surface area (Å²) in [4.78, 5) is 10.5. The van der Waals surface area contributed by atoms with Gasteiger partial charge < -0.3 is 10.1 Å². The van der Waals surface area contributed by atoms with Crippen molar-refractivity contribution in [2.24, 2.45) is 0 Å². The number of anilines is 1. The predicted molar refractivity (Wildman–Crippen MR) is 99.2 cm³/mol. The summed E-state index contributed by atoms with van der Waals surface area (Å²) in [6.07, 6.45) is 0. The van der Waals surface area contributed by atoms with E-state index in [1.165, 1.54) is 19.2 Å². The summed E-state index contributed by atoms with van der Waals surface area (Å²) < 4.78 is 31.4. The third-order valence-electron chi connectivity index (χ3n) is 3.75. The summed E-state index contributed by atoms with van der Waals surface area (Å²) >= 11 is 0. The number of rotatable bonds is 8. The maximum Gasteiger partial charge on any atom is 0.293 e. The molecule has 0 aliphatic carbocycles. The zero-order valence-corrected chi connectivity index (χ0v) is 15.6. The number of aryl methyl sites for hydroxylation is 2. The Kier molecular flexibility index (Phi) is 6.17. The van der Waals surface area contributed by atoms with Crippen LogP contribution >= 0.6 is 0 Å². The second-order valence-corrected chi connectivity index (χ2v) is 7.57. The van der Waals surface area contributed by atoms with Crippen molar-refractivity contribution in [2.45, 2.75) is 18.7 Å². The first-order valence-corrected chi connectivity index (χ1v) is 9.39. The molecule has 0 amide bonds. The van der Waals surface area contributed by atoms with E-state index in [1.807, 2.05) is 32.0 Å². The molecule has 26 heavy (non-hydrogen) atoms. The number of sulfonamides is 1. The van der Waals surface area contributed by atoms with Crippen LogP contribution < -0.4 is 14.8 Å². The van der Waals surface area contributed by atoms with Crippen molar-refractivity contribution in [1.82, 2.24) is 4.72 Å². The Morgan fingerprint density at radius 1 is 1.15 bits per heavy atom. The molecule has 0 aromatic heterocycles. The molecule has 0 spiro atoms. The minimum atomic E-state index is -3.75. The van der Waals surface area contributed by atoms with Gasteiger partial charge in [-0.2, -0.15) is 0 Å². The second kappa shape index (κ2) is 8.15. The molecule has 0 atom stereocenters. The first-order chi connectivity index (χ1) is 12.2. The quantitative estimate of drug-likeness (QED) is 0.414. The first-order valence-electron chi connectivity index (χ1n) is 7.90. The van der Waals surface area contributed by atoms with Gasteiger partial charge in [-0.15, -0.1) is 0 Å². The van der Waals surface area contributed by atoms with Gasteiger partial charge in [-0.25, -0.2) is 13.1 Å². The smallest absolute Gasteiger partial charge is 0.293 e. The van der Waals surface area contributed by atoms with Crippen LogP contribution in [-0.2, 0) is 10.0 Å². The van der Waals surface area contributed by atoms with Gasteiger partial charge in [-0.3, -0.25) is 10.1 Å². The van der Waals surface area contributed by atoms with E-state index in [1.54, 1.807) is 0 Å². The summed E-state index contributed by atoms with van der Waals surface area (Å²) in [5.41, 5.74) is 2.07. The third-order valence-corrected chi connectivity index (χ3v) is 5.16. The highest BCUT2D eigenvalue weighted by molar-refractivity contribution is 7.89. The molecule has 140 valence electrons. The average Bonchev–Trinajstić information content (AvgIpc) is 2.60. The van der Waals surface area contributed by atoms with Crippen LogP contribution in [0.5, 0.6) is 5.75 Å². The SMILES string of the molecule is CNS(=O)(=O)c1ccc(NCCOc2ccc(C)cc2C)c([N+](=O)[O-])c1. The minimum Gasteiger partial charge on any atom is -0.491 e. The molecule has 2 aromatic rings. The topological polar surface area (TPSA) is 111 Å². The summed E-state index contributed by atoms with van der Waals surface area (Å²) in [6.45, 7) is 4.57. The molecule has 0 saturated heterocycles. The van der Waals surface area contributed by atoms with Gasteiger partial charge in [0.2, 0.25) is 10.0 Å². The van der Waals surface area contributed by atoms with E-state index in [4.69, 9.17) is 4.74 Å². The monoisotopic (exact) mass is 379 g/mol. The highest BCUT2D eigenvalue weighted by atomic mass is 32.2. The highest BCUT2D eigenvalue weighted by Crippen LogP contribution is 2.27. The second-order valence-electron chi connectivity index (χ2n) is 5.69. The summed E-state index contributed by atoms with van der Waals surface area (Å²) in [6, 6.07) is 9.55. The number of nitro groups is 1. The van der Waals surface area contributed by atoms with Gasteiger partial charge in [-0.1, -0.05) is 17.7 Å². The van der Waals surface area contributed by atoms with Crippen LogP contribution in [0.4, 0.5) is 11.4 Å². The normalized spacial score (nSPS) is 11.2. The minimum absolute atomic E-state index is 0.163. The van der Waals surface area contributed by atoms with E-state index in [-0.39, 0.29) is 16.3 Å². The first kappa shape index (κ1) is 19.7. The molecule has 2 aromatic carbocycles. The Morgan fingerprint density at radius 2 is 1.88 bits per heavy atom. The zero-order valence-electron chi connectivity index (χ0n) is 14.8. The van der Waals surface area contributed by atoms with Crippen molar-refractivity contribution in [3.8, 4) is 5.75 Å². The van der Waals surface area contributed by atoms with Crippen molar-refractivity contribution in [3.63, 3.8) is 0 Å². The van der Waals surface area contributed by atoms with E-state index in [2.05, 4.69) is 10.0 Å². The Labute approximate surface area is 152 Å². The maximum atomic E-state index is 11.8. The van der Waals surface area contributed by atoms with Crippen molar-refractivity contribution >= 4 is 21.4 Å². The summed E-state index contributed by atoms with van der Waals surface area (Å²) in [5, 5.41) is 14.1. The van der Waals surface area contributed by atoms with Gasteiger partial charge in [-0.05, 0) is 44.7 Å². The van der Waals surface area contributed by atoms with Gasteiger partial charge in [0.15, 0.2) is 0 Å². The number of hydrogen-bond donors (Lipinski definition) is 2. The number of benzene rings is 2. The van der Waals surface area contributed by atoms with E-state index in [0.29, 0.717) is 13.2 Å². The number of nitrogens with zero attached hydrogens (tertiary/aromatic N) is 1. The molecule has 0 unspecified atom stereocenters. The fourth-order valence-electron chi connectivity index (χ4n) is 2.40. The van der Waals surface area contributed by atoms with E-state index in [0.717, 1.165) is 22.9 Å². The number of ether oxygens (including phenoxy) is 1. The standard InChI is InChI=1S/C17H21N3O5S/c1-12-4-7-17(13(2)10-12)25-9-8-19-15-6-5-14(26(23,24)18-3)11-16(15)20(21)22/h4-7,10-11,18-19H,8-9H2,1-3H3. The largest absolute Gasteiger partial charge is 0.491 e. The Bertz CT molecular complexity index is 913. The van der Waals surface area contributed by atoms with Gasteiger partial charge in [0.1, 0.15) is 18.0 Å². The molecule has 8 nitrogen and oxygen atoms in total. The number of nitro benzene ring substituents is 1. The Hall–Kier alpha value is -2.65. The third kappa shape index (κ3) is 4.70. The van der Waals surface area contributed by atoms with Gasteiger partial charge in [0.25, 0.3) is 5.69 Å². The summed E-state index contributed by atoms with van der Waals surface area (Å²) in [7, 11) is -2.50. The molecule has 0 bridgehead atoms. The highest BCUT2D eigenvalue weighted by Gasteiger charge is 2.20. The number of hydrogen-bond acceptors (Lipinski definition) is 6. The lowest BCUT2D eigenvalue weighted by molar-refractivity contribution is -0.384. The van der Waals surface area contributed by atoms with Crippen LogP contribution in [0.2, 0.25) is 0 Å². The Morgan fingerprint density at radius 3 is 2.50 bits per heavy atom. The molecule has 0 saturated carbocycles. The lowest BCUT2D eigenvalue weighted by Gasteiger charge is -2.12. The molecule has 0 aliphatic heterocycles. The van der Waals surface area contributed by atoms with Gasteiger partial charge in [0, 0.05) is 12.6 Å². The fraction of sp³-hybridized carbons (Fsp3) is 0.294. The molecule has 0 fully saturated rings. The predicted octanol–water partition coefficient (Wildman–Crippen LogP) is 2.61. The van der Waals surface area contributed by atoms with Crippen LogP contribution in [-0.4, -0.2) is 33.5 Å². The molecule has 2 N–H and O–H groups in total. The van der Waals surface area contributed by atoms with E-state index >= 15 is 0 Å². The zero-order chi connectivity index (χ0) is 19.3. The van der Waals surface area contributed by atoms with Crippen LogP contribution in [0.15, 0.2) is 41.3 Å². The molecule has 0 radical (unpaired) electrons. The van der Waals surface area contributed by atoms with Crippen molar-refractivity contribution < 1.29 is 18.1 Å². The van der Waals surface area contributed by atoms with Crippen molar-refractivity contribution in [1.29, 1.82) is 0 Å². The van der Waals surface area contributed by atoms with E-state index in [9.17, 15) is 18.5 Å². The van der Waals surface area contributed by atoms with E-state index < -0.39 is 14.9 Å². The lowest BCUT2D eigenvalue weighted by atomic mass is 10.1. The molecular weight excluding hydrogens is 358 g/mol. The van der Waals surface area contributed by atoms with Crippen molar-refractivity contribution in [3.05, 3.63) is 57.6 Å². The maximum absolute atomic E-state index is 11.8. The summed E-state index contributed by atoms with van der Waals surface area (Å²) in [5.74, 6) is 0.752. The van der Waals surface area contributed by atoms with Crippen LogP contribution in [0, 0.1) is 24.0 Å². The van der Waals surface area contributed by atoms with Gasteiger partial charge in [0.05, 0.1) is 9.82 Å². The van der Waals surface area contributed by atoms with Crippen LogP contribution in [0.1, 0.15) is 11.1 Å². The van der Waals surface area contributed by atoms with Gasteiger partial charge >= 0.3 is 0 Å². The molecule has 9 heteroatoms. The lowest BCUT2D eigenvalue weighted by Crippen LogP contribution is -2.19. The number of nitrogens with one attached hydrogen (secondary N) is 2. The van der Waals surface area contributed by atoms with Crippen LogP contribution in [0.25, 0.3) is 0 Å². The molecule has 0 heterocycles. The van der Waals surface area contributed by atoms with Crippen molar-refractivity contribution in [2.75, 3.05) is 25.5 Å². The fourth-order valence-corrected chi connectivity index (χ4v) is 3.15. The molecular formula is C17H21N3O5S. The molecule has 2 rings (SSSR count). The Balaban J connectivity index is 2.06. The average molecular weight is 379 g/mol. The van der Waals surface area contributed by atoms with Crippen LogP contribution in [0.3, 0.4) is 0 Å².